The highest BCUT2D eigenvalue weighted by atomic mass is 19.1. The molecule has 2 heterocycles. The van der Waals surface area contributed by atoms with E-state index in [2.05, 4.69) is 10.1 Å². The molecular weight excluding hydrogens is 249 g/mol. The fourth-order valence-electron chi connectivity index (χ4n) is 1.94. The summed E-state index contributed by atoms with van der Waals surface area (Å²) in [4.78, 5) is 14.7. The Labute approximate surface area is 106 Å². The maximum atomic E-state index is 12.8. The Kier molecular flexibility index (Phi) is 2.49. The summed E-state index contributed by atoms with van der Waals surface area (Å²) >= 11 is 0. The minimum Gasteiger partial charge on any atom is -0.478 e. The Morgan fingerprint density at radius 1 is 1.21 bits per heavy atom. The first kappa shape index (κ1) is 11.3. The summed E-state index contributed by atoms with van der Waals surface area (Å²) in [5.41, 5.74) is 1.38. The highest BCUT2D eigenvalue weighted by Crippen LogP contribution is 2.21. The average molecular weight is 257 g/mol. The highest BCUT2D eigenvalue weighted by molar-refractivity contribution is 6.02. The molecule has 0 saturated heterocycles. The van der Waals surface area contributed by atoms with Crippen LogP contribution in [0.2, 0.25) is 0 Å². The fraction of sp³-hybridized carbons (Fsp3) is 0. The van der Waals surface area contributed by atoms with Gasteiger partial charge < -0.3 is 5.11 Å². The molecule has 0 atom stereocenters. The summed E-state index contributed by atoms with van der Waals surface area (Å²) in [6.07, 6.45) is 2.82. The lowest BCUT2D eigenvalue weighted by molar-refractivity contribution is 0.0699. The quantitative estimate of drug-likeness (QED) is 0.715. The van der Waals surface area contributed by atoms with Crippen LogP contribution in [0.4, 0.5) is 4.39 Å². The number of carbonyl (C=O) groups is 1. The first-order valence-electron chi connectivity index (χ1n) is 5.49. The van der Waals surface area contributed by atoms with Crippen molar-refractivity contribution in [2.24, 2.45) is 0 Å². The third-order valence-electron chi connectivity index (χ3n) is 2.80. The largest absolute Gasteiger partial charge is 0.478 e. The molecule has 6 heteroatoms. The molecule has 2 aromatic heterocycles. The molecule has 1 aromatic carbocycles. The predicted molar refractivity (Wildman–Crippen MR) is 65.8 cm³/mol. The van der Waals surface area contributed by atoms with Crippen molar-refractivity contribution in [3.05, 3.63) is 54.2 Å². The van der Waals surface area contributed by atoms with Crippen LogP contribution < -0.4 is 0 Å². The molecule has 19 heavy (non-hydrogen) atoms. The van der Waals surface area contributed by atoms with Gasteiger partial charge in [-0.1, -0.05) is 6.07 Å². The molecule has 0 aliphatic rings. The van der Waals surface area contributed by atoms with Gasteiger partial charge in [-0.05, 0) is 24.3 Å². The first-order valence-corrected chi connectivity index (χ1v) is 5.49. The molecule has 3 aromatic rings. The minimum absolute atomic E-state index is 0.179. The van der Waals surface area contributed by atoms with Crippen LogP contribution in [0.5, 0.6) is 0 Å². The Hall–Kier alpha value is -2.76. The van der Waals surface area contributed by atoms with E-state index in [1.54, 1.807) is 12.1 Å². The van der Waals surface area contributed by atoms with E-state index in [9.17, 15) is 9.18 Å². The summed E-state index contributed by atoms with van der Waals surface area (Å²) in [7, 11) is 0. The number of hydrogen-bond donors (Lipinski definition) is 1. The van der Waals surface area contributed by atoms with Gasteiger partial charge in [-0.3, -0.25) is 0 Å². The molecule has 0 unspecified atom stereocenters. The number of benzene rings is 1. The number of rotatable bonds is 2. The van der Waals surface area contributed by atoms with Crippen molar-refractivity contribution in [1.82, 2.24) is 14.8 Å². The zero-order valence-corrected chi connectivity index (χ0v) is 9.62. The van der Waals surface area contributed by atoms with Gasteiger partial charge in [0.25, 0.3) is 0 Å². The number of aromatic carboxylic acids is 1. The topological polar surface area (TPSA) is 68.0 Å². The molecule has 0 aliphatic carbocycles. The van der Waals surface area contributed by atoms with Crippen LogP contribution in [-0.2, 0) is 0 Å². The predicted octanol–water partition coefficient (Wildman–Crippen LogP) is 2.26. The van der Waals surface area contributed by atoms with Crippen molar-refractivity contribution >= 4 is 16.9 Å². The van der Waals surface area contributed by atoms with Crippen molar-refractivity contribution in [2.75, 3.05) is 0 Å². The van der Waals surface area contributed by atoms with Crippen LogP contribution in [0.1, 0.15) is 10.4 Å². The Balaban J connectivity index is 2.24. The number of carboxylic acids is 1. The maximum Gasteiger partial charge on any atom is 0.336 e. The summed E-state index contributed by atoms with van der Waals surface area (Å²) < 4.78 is 14.3. The van der Waals surface area contributed by atoms with Crippen LogP contribution in [-0.4, -0.2) is 25.8 Å². The lowest BCUT2D eigenvalue weighted by atomic mass is 10.1. The number of pyridine rings is 1. The standard InChI is InChI=1S/C13H8FN3O2/c14-12-5-4-8(6-15-12)17-11-3-1-2-9(13(18)19)10(11)7-16-17/h1-7H,(H,18,19). The third-order valence-corrected chi connectivity index (χ3v) is 2.80. The second kappa shape index (κ2) is 4.16. The number of fused-ring (bicyclic) bond motifs is 1. The molecule has 94 valence electrons. The Morgan fingerprint density at radius 3 is 2.74 bits per heavy atom. The second-order valence-corrected chi connectivity index (χ2v) is 3.94. The second-order valence-electron chi connectivity index (χ2n) is 3.94. The van der Waals surface area contributed by atoms with Crippen molar-refractivity contribution in [3.8, 4) is 5.69 Å². The molecular formula is C13H8FN3O2. The van der Waals surface area contributed by atoms with Crippen LogP contribution in [0.3, 0.4) is 0 Å². The van der Waals surface area contributed by atoms with Crippen LogP contribution in [0.15, 0.2) is 42.7 Å². The smallest absolute Gasteiger partial charge is 0.336 e. The van der Waals surface area contributed by atoms with Gasteiger partial charge in [0.05, 0.1) is 29.2 Å². The zero-order valence-electron chi connectivity index (χ0n) is 9.62. The molecule has 0 saturated carbocycles. The van der Waals surface area contributed by atoms with Crippen molar-refractivity contribution in [2.45, 2.75) is 0 Å². The van der Waals surface area contributed by atoms with Gasteiger partial charge in [0.15, 0.2) is 0 Å². The van der Waals surface area contributed by atoms with E-state index in [0.717, 1.165) is 0 Å². The van der Waals surface area contributed by atoms with Crippen molar-refractivity contribution in [1.29, 1.82) is 0 Å². The molecule has 0 radical (unpaired) electrons. The molecule has 0 aliphatic heterocycles. The minimum atomic E-state index is -1.01. The van der Waals surface area contributed by atoms with E-state index >= 15 is 0 Å². The van der Waals surface area contributed by atoms with Gasteiger partial charge in [-0.15, -0.1) is 0 Å². The number of hydrogen-bond acceptors (Lipinski definition) is 3. The molecule has 0 amide bonds. The van der Waals surface area contributed by atoms with Crippen molar-refractivity contribution < 1.29 is 14.3 Å². The van der Waals surface area contributed by atoms with Gasteiger partial charge >= 0.3 is 5.97 Å². The van der Waals surface area contributed by atoms with E-state index in [1.807, 2.05) is 0 Å². The molecule has 5 nitrogen and oxygen atoms in total. The molecule has 0 spiro atoms. The van der Waals surface area contributed by atoms with E-state index in [1.165, 1.54) is 35.3 Å². The van der Waals surface area contributed by atoms with Gasteiger partial charge in [0.2, 0.25) is 5.95 Å². The van der Waals surface area contributed by atoms with Gasteiger partial charge in [0.1, 0.15) is 0 Å². The molecule has 3 rings (SSSR count). The first-order chi connectivity index (χ1) is 9.16. The Morgan fingerprint density at radius 2 is 2.05 bits per heavy atom. The highest BCUT2D eigenvalue weighted by Gasteiger charge is 2.12. The molecule has 0 fully saturated rings. The van der Waals surface area contributed by atoms with E-state index in [0.29, 0.717) is 16.6 Å². The fourth-order valence-corrected chi connectivity index (χ4v) is 1.94. The lowest BCUT2D eigenvalue weighted by Gasteiger charge is -2.03. The van der Waals surface area contributed by atoms with Crippen molar-refractivity contribution in [3.63, 3.8) is 0 Å². The normalized spacial score (nSPS) is 10.8. The zero-order chi connectivity index (χ0) is 13.4. The van der Waals surface area contributed by atoms with E-state index in [-0.39, 0.29) is 5.56 Å². The number of halogens is 1. The van der Waals surface area contributed by atoms with Crippen LogP contribution >= 0.6 is 0 Å². The molecule has 1 N–H and O–H groups in total. The summed E-state index contributed by atoms with van der Waals surface area (Å²) in [6.45, 7) is 0. The van der Waals surface area contributed by atoms with Crippen LogP contribution in [0.25, 0.3) is 16.6 Å². The SMILES string of the molecule is O=C(O)c1cccc2c1cnn2-c1ccc(F)nc1. The third kappa shape index (κ3) is 1.83. The van der Waals surface area contributed by atoms with Gasteiger partial charge in [0, 0.05) is 5.39 Å². The van der Waals surface area contributed by atoms with Gasteiger partial charge in [-0.2, -0.15) is 9.49 Å². The summed E-state index contributed by atoms with van der Waals surface area (Å²) in [5, 5.41) is 13.8. The summed E-state index contributed by atoms with van der Waals surface area (Å²) in [6, 6.07) is 7.66. The number of aromatic nitrogens is 3. The number of nitrogens with zero attached hydrogens (tertiary/aromatic N) is 3. The number of carboxylic acid groups (broad SMARTS) is 1. The maximum absolute atomic E-state index is 12.8. The Bertz CT molecular complexity index is 765. The molecule has 0 bridgehead atoms. The lowest BCUT2D eigenvalue weighted by Crippen LogP contribution is -1.99. The van der Waals surface area contributed by atoms with E-state index < -0.39 is 11.9 Å². The van der Waals surface area contributed by atoms with Gasteiger partial charge in [-0.25, -0.2) is 14.5 Å². The average Bonchev–Trinajstić information content (AvgIpc) is 2.83. The monoisotopic (exact) mass is 257 g/mol. The van der Waals surface area contributed by atoms with Crippen LogP contribution in [0, 0.1) is 5.95 Å². The van der Waals surface area contributed by atoms with E-state index in [4.69, 9.17) is 5.11 Å². The summed E-state index contributed by atoms with van der Waals surface area (Å²) in [5.74, 6) is -1.59.